The summed E-state index contributed by atoms with van der Waals surface area (Å²) >= 11 is 0. The van der Waals surface area contributed by atoms with Gasteiger partial charge in [0.1, 0.15) is 12.6 Å². The molecule has 1 aromatic rings. The van der Waals surface area contributed by atoms with Gasteiger partial charge in [-0.3, -0.25) is 19.5 Å². The van der Waals surface area contributed by atoms with Gasteiger partial charge in [0.25, 0.3) is 0 Å². The number of carboxylic acids is 1. The van der Waals surface area contributed by atoms with Crippen molar-refractivity contribution in [2.24, 2.45) is 0 Å². The molecule has 164 valence electrons. The molecule has 0 radical (unpaired) electrons. The van der Waals surface area contributed by atoms with Gasteiger partial charge in [-0.05, 0) is 5.56 Å². The number of piperidine rings is 1. The van der Waals surface area contributed by atoms with Crippen molar-refractivity contribution in [1.29, 1.82) is 0 Å². The van der Waals surface area contributed by atoms with Gasteiger partial charge in [0.2, 0.25) is 6.23 Å². The molecule has 3 aliphatic heterocycles. The van der Waals surface area contributed by atoms with Crippen molar-refractivity contribution < 1.29 is 23.9 Å². The van der Waals surface area contributed by atoms with E-state index in [1.165, 1.54) is 5.56 Å². The number of ether oxygens (including phenoxy) is 1. The summed E-state index contributed by atoms with van der Waals surface area (Å²) in [5.74, 6) is -0.793. The van der Waals surface area contributed by atoms with E-state index in [1.807, 2.05) is 18.0 Å². The van der Waals surface area contributed by atoms with Crippen LogP contribution in [0.5, 0.6) is 0 Å². The quantitative estimate of drug-likeness (QED) is 0.699. The molecule has 1 aromatic carbocycles. The van der Waals surface area contributed by atoms with Crippen molar-refractivity contribution in [2.75, 3.05) is 59.4 Å². The van der Waals surface area contributed by atoms with Gasteiger partial charge in [-0.15, -0.1) is 0 Å². The summed E-state index contributed by atoms with van der Waals surface area (Å²) in [6.07, 6.45) is 1.68. The van der Waals surface area contributed by atoms with Crippen LogP contribution in [0.3, 0.4) is 0 Å². The molecule has 3 aliphatic rings. The number of carbonyl (C=O) groups is 2. The fraction of sp³-hybridized carbons (Fsp3) is 0.636. The second-order valence-corrected chi connectivity index (χ2v) is 8.99. The average Bonchev–Trinajstić information content (AvgIpc) is 3.05. The fourth-order valence-corrected chi connectivity index (χ4v) is 5.05. The number of likely N-dealkylation sites (tertiary alicyclic amines) is 1. The molecule has 30 heavy (non-hydrogen) atoms. The minimum atomic E-state index is -0.793. The lowest BCUT2D eigenvalue weighted by Gasteiger charge is -2.39. The first kappa shape index (κ1) is 21.2. The van der Waals surface area contributed by atoms with Crippen LogP contribution >= 0.6 is 0 Å². The van der Waals surface area contributed by atoms with Crippen LogP contribution < -0.4 is 0 Å². The van der Waals surface area contributed by atoms with Gasteiger partial charge in [0.05, 0.1) is 13.6 Å². The second-order valence-electron chi connectivity index (χ2n) is 8.99. The van der Waals surface area contributed by atoms with Gasteiger partial charge in [-0.25, -0.2) is 4.48 Å². The number of likely N-dealkylation sites (N-methyl/N-ethyl adjacent to an activating group) is 1. The number of piperazine rings is 1. The fourth-order valence-electron chi connectivity index (χ4n) is 5.05. The van der Waals surface area contributed by atoms with Crippen LogP contribution in [0.2, 0.25) is 0 Å². The van der Waals surface area contributed by atoms with Crippen molar-refractivity contribution >= 4 is 12.1 Å². The predicted octanol–water partition coefficient (Wildman–Crippen LogP) is 1.28. The van der Waals surface area contributed by atoms with Gasteiger partial charge in [-0.2, -0.15) is 4.79 Å². The zero-order chi connectivity index (χ0) is 21.1. The van der Waals surface area contributed by atoms with Crippen molar-refractivity contribution in [3.8, 4) is 0 Å². The van der Waals surface area contributed by atoms with Crippen LogP contribution in [0.25, 0.3) is 0 Å². The number of cyclic esters (lactones) is 1. The lowest BCUT2D eigenvalue weighted by atomic mass is 10.0. The Morgan fingerprint density at radius 1 is 1.07 bits per heavy atom. The van der Waals surface area contributed by atoms with Gasteiger partial charge in [0, 0.05) is 58.7 Å². The number of carbonyl (C=O) groups excluding carboxylic acids is 1. The van der Waals surface area contributed by atoms with Gasteiger partial charge in [0.15, 0.2) is 0 Å². The number of hydrogen-bond acceptors (Lipinski definition) is 6. The number of rotatable bonds is 6. The molecule has 3 fully saturated rings. The minimum absolute atomic E-state index is 0.0770. The topological polar surface area (TPSA) is 73.3 Å². The molecule has 0 spiro atoms. The summed E-state index contributed by atoms with van der Waals surface area (Å²) in [5.41, 5.74) is 1.33. The summed E-state index contributed by atoms with van der Waals surface area (Å²) in [4.78, 5) is 30.4. The number of benzene rings is 1. The van der Waals surface area contributed by atoms with E-state index in [0.717, 1.165) is 45.6 Å². The maximum atomic E-state index is 12.9. The van der Waals surface area contributed by atoms with E-state index in [1.54, 1.807) is 0 Å². The monoisotopic (exact) mass is 417 g/mol. The molecule has 4 rings (SSSR count). The smallest absolute Gasteiger partial charge is 0.480 e. The number of aliphatic carboxylic acids is 1. The molecule has 1 N–H and O–H groups in total. The molecular formula is C22H33N4O4+. The Bertz CT molecular complexity index is 745. The summed E-state index contributed by atoms with van der Waals surface area (Å²) < 4.78 is 6.18. The summed E-state index contributed by atoms with van der Waals surface area (Å²) in [7, 11) is 2.03. The molecular weight excluding hydrogens is 384 g/mol. The van der Waals surface area contributed by atoms with E-state index in [-0.39, 0.29) is 18.9 Å². The molecule has 3 heterocycles. The van der Waals surface area contributed by atoms with Crippen LogP contribution in [0.15, 0.2) is 30.3 Å². The first-order valence-electron chi connectivity index (χ1n) is 10.9. The normalized spacial score (nSPS) is 29.8. The molecule has 0 bridgehead atoms. The van der Waals surface area contributed by atoms with Crippen molar-refractivity contribution in [2.45, 2.75) is 31.7 Å². The van der Waals surface area contributed by atoms with Crippen molar-refractivity contribution in [1.82, 2.24) is 14.7 Å². The maximum Gasteiger partial charge on any atom is 0.517 e. The first-order chi connectivity index (χ1) is 14.4. The van der Waals surface area contributed by atoms with Gasteiger partial charge < -0.3 is 9.84 Å². The number of nitrogens with zero attached hydrogens (tertiary/aromatic N) is 4. The highest BCUT2D eigenvalue weighted by Gasteiger charge is 2.53. The first-order valence-corrected chi connectivity index (χ1v) is 10.9. The van der Waals surface area contributed by atoms with E-state index in [9.17, 15) is 9.59 Å². The summed E-state index contributed by atoms with van der Waals surface area (Å²) in [6, 6.07) is 10.8. The van der Waals surface area contributed by atoms with E-state index < -0.39 is 5.97 Å². The molecule has 0 aromatic heterocycles. The van der Waals surface area contributed by atoms with Crippen molar-refractivity contribution in [3.63, 3.8) is 0 Å². The van der Waals surface area contributed by atoms with E-state index in [2.05, 4.69) is 34.1 Å². The third-order valence-corrected chi connectivity index (χ3v) is 6.97. The molecule has 3 saturated heterocycles. The zero-order valence-corrected chi connectivity index (χ0v) is 17.8. The predicted molar refractivity (Wildman–Crippen MR) is 112 cm³/mol. The largest absolute Gasteiger partial charge is 0.517 e. The Morgan fingerprint density at radius 2 is 1.73 bits per heavy atom. The lowest BCUT2D eigenvalue weighted by molar-refractivity contribution is -0.852. The van der Waals surface area contributed by atoms with Crippen LogP contribution in [0, 0.1) is 0 Å². The lowest BCUT2D eigenvalue weighted by Crippen LogP contribution is -2.58. The zero-order valence-electron chi connectivity index (χ0n) is 17.8. The second kappa shape index (κ2) is 9.01. The van der Waals surface area contributed by atoms with E-state index >= 15 is 0 Å². The molecule has 2 unspecified atom stereocenters. The van der Waals surface area contributed by atoms with Gasteiger partial charge in [-0.1, -0.05) is 30.3 Å². The number of amides is 1. The number of carboxylic acid groups (broad SMARTS) is 1. The highest BCUT2D eigenvalue weighted by Crippen LogP contribution is 2.31. The standard InChI is InChI=1S/C22H32N4O4/c1-26(19-7-9-23(10-8-19)15-18-5-3-2-4-6-18)17-20(30-22(26)29)25-13-11-24(12-14-25)16-21(27)28/h2-6,19-20H,7-17H2,1H3/p+1. The maximum absolute atomic E-state index is 12.9. The summed E-state index contributed by atoms with van der Waals surface area (Å²) in [6.45, 7) is 6.59. The van der Waals surface area contributed by atoms with Crippen LogP contribution in [-0.4, -0.2) is 108 Å². The number of hydrogen-bond donors (Lipinski definition) is 1. The molecule has 0 aliphatic carbocycles. The Kier molecular flexibility index (Phi) is 6.38. The molecule has 8 heteroatoms. The van der Waals surface area contributed by atoms with Crippen LogP contribution in [0.4, 0.5) is 4.79 Å². The highest BCUT2D eigenvalue weighted by atomic mass is 16.6. The number of quaternary nitrogens is 1. The summed E-state index contributed by atoms with van der Waals surface area (Å²) in [5, 5.41) is 8.96. The Balaban J connectivity index is 1.29. The molecule has 0 saturated carbocycles. The third kappa shape index (κ3) is 4.67. The average molecular weight is 418 g/mol. The van der Waals surface area contributed by atoms with E-state index in [4.69, 9.17) is 9.84 Å². The SMILES string of the molecule is C[N+]1(C2CCN(Cc3ccccc3)CC2)CC(N2CCN(CC(=O)O)CC2)OC1=O. The highest BCUT2D eigenvalue weighted by molar-refractivity contribution is 5.69. The van der Waals surface area contributed by atoms with E-state index in [0.29, 0.717) is 30.2 Å². The minimum Gasteiger partial charge on any atom is -0.480 e. The van der Waals surface area contributed by atoms with Crippen molar-refractivity contribution in [3.05, 3.63) is 35.9 Å². The van der Waals surface area contributed by atoms with Crippen LogP contribution in [-0.2, 0) is 16.1 Å². The molecule has 8 nitrogen and oxygen atoms in total. The Labute approximate surface area is 178 Å². The van der Waals surface area contributed by atoms with Crippen LogP contribution in [0.1, 0.15) is 18.4 Å². The third-order valence-electron chi connectivity index (χ3n) is 6.97. The van der Waals surface area contributed by atoms with Gasteiger partial charge >= 0.3 is 12.1 Å². The molecule has 1 amide bonds. The molecule has 2 atom stereocenters. The Hall–Kier alpha value is -2.00. The Morgan fingerprint density at radius 3 is 2.37 bits per heavy atom.